The Bertz CT molecular complexity index is 864. The Morgan fingerprint density at radius 3 is 2.86 bits per heavy atom. The summed E-state index contributed by atoms with van der Waals surface area (Å²) in [5, 5.41) is 0.527. The summed E-state index contributed by atoms with van der Waals surface area (Å²) >= 11 is 9.35. The fraction of sp³-hybridized carbons (Fsp3) is 0.0667. The molecule has 0 radical (unpaired) electrons. The maximum absolute atomic E-state index is 12.1. The van der Waals surface area contributed by atoms with Crippen molar-refractivity contribution in [3.05, 3.63) is 74.2 Å². The summed E-state index contributed by atoms with van der Waals surface area (Å²) in [4.78, 5) is 16.4. The molecule has 0 aliphatic heterocycles. The predicted octanol–water partition coefficient (Wildman–Crippen LogP) is 3.69. The molecule has 21 heavy (non-hydrogen) atoms. The zero-order chi connectivity index (χ0) is 14.8. The third-order valence-electron chi connectivity index (χ3n) is 2.89. The van der Waals surface area contributed by atoms with Crippen LogP contribution in [0.2, 0.25) is 5.02 Å². The molecular weight excluding hydrogens is 356 g/mol. The lowest BCUT2D eigenvalue weighted by Gasteiger charge is -2.08. The molecule has 0 atom stereocenters. The van der Waals surface area contributed by atoms with E-state index >= 15 is 0 Å². The molecular formula is C15H10BrClN2O2. The molecule has 0 saturated heterocycles. The summed E-state index contributed by atoms with van der Waals surface area (Å²) in [7, 11) is 0. The molecule has 0 aliphatic rings. The Labute approximate surface area is 134 Å². The van der Waals surface area contributed by atoms with Crippen molar-refractivity contribution in [1.29, 1.82) is 0 Å². The number of nitrogens with zero attached hydrogens (tertiary/aromatic N) is 2. The zero-order valence-corrected chi connectivity index (χ0v) is 13.1. The van der Waals surface area contributed by atoms with Crippen LogP contribution in [0.15, 0.2) is 57.9 Å². The van der Waals surface area contributed by atoms with Crippen molar-refractivity contribution in [3.63, 3.8) is 0 Å². The number of pyridine rings is 1. The van der Waals surface area contributed by atoms with Crippen LogP contribution in [-0.4, -0.2) is 9.38 Å². The Morgan fingerprint density at radius 1 is 1.24 bits per heavy atom. The molecule has 106 valence electrons. The molecule has 0 amide bonds. The lowest BCUT2D eigenvalue weighted by atomic mass is 10.3. The van der Waals surface area contributed by atoms with Gasteiger partial charge in [-0.15, -0.1) is 0 Å². The minimum Gasteiger partial charge on any atom is -0.486 e. The Kier molecular flexibility index (Phi) is 3.94. The first-order valence-corrected chi connectivity index (χ1v) is 7.36. The van der Waals surface area contributed by atoms with Gasteiger partial charge in [0.1, 0.15) is 18.0 Å². The molecule has 4 nitrogen and oxygen atoms in total. The summed E-state index contributed by atoms with van der Waals surface area (Å²) in [5.41, 5.74) is 0.977. The van der Waals surface area contributed by atoms with Crippen molar-refractivity contribution < 1.29 is 4.74 Å². The molecule has 0 N–H and O–H groups in total. The maximum Gasteiger partial charge on any atom is 0.258 e. The number of ether oxygens (including phenoxy) is 1. The van der Waals surface area contributed by atoms with Gasteiger partial charge in [-0.2, -0.15) is 0 Å². The average molecular weight is 366 g/mol. The fourth-order valence-electron chi connectivity index (χ4n) is 1.91. The highest BCUT2D eigenvalue weighted by Crippen LogP contribution is 2.23. The highest BCUT2D eigenvalue weighted by atomic mass is 79.9. The monoisotopic (exact) mass is 364 g/mol. The maximum atomic E-state index is 12.1. The number of aromatic nitrogens is 2. The lowest BCUT2D eigenvalue weighted by molar-refractivity contribution is 0.301. The zero-order valence-electron chi connectivity index (χ0n) is 10.8. The van der Waals surface area contributed by atoms with Gasteiger partial charge >= 0.3 is 0 Å². The molecule has 3 aromatic rings. The van der Waals surface area contributed by atoms with E-state index < -0.39 is 0 Å². The Morgan fingerprint density at radius 2 is 2.05 bits per heavy atom. The van der Waals surface area contributed by atoms with Crippen LogP contribution < -0.4 is 10.3 Å². The van der Waals surface area contributed by atoms with Crippen molar-refractivity contribution in [3.8, 4) is 5.75 Å². The van der Waals surface area contributed by atoms with Gasteiger partial charge in [0, 0.05) is 16.7 Å². The largest absolute Gasteiger partial charge is 0.486 e. The van der Waals surface area contributed by atoms with E-state index in [2.05, 4.69) is 20.9 Å². The standard InChI is InChI=1S/C15H10BrClN2O2/c16-10-5-6-14-18-11(7-15(20)19(14)8-10)9-21-13-4-2-1-3-12(13)17/h1-8H,9H2. The van der Waals surface area contributed by atoms with E-state index in [-0.39, 0.29) is 12.2 Å². The molecule has 0 bridgehead atoms. The van der Waals surface area contributed by atoms with E-state index in [1.807, 2.05) is 18.2 Å². The summed E-state index contributed by atoms with van der Waals surface area (Å²) in [6, 6.07) is 12.2. The van der Waals surface area contributed by atoms with Crippen LogP contribution in [0.4, 0.5) is 0 Å². The van der Waals surface area contributed by atoms with Gasteiger partial charge in [-0.05, 0) is 40.2 Å². The number of rotatable bonds is 3. The van der Waals surface area contributed by atoms with E-state index in [1.165, 1.54) is 10.5 Å². The van der Waals surface area contributed by atoms with E-state index in [9.17, 15) is 4.79 Å². The topological polar surface area (TPSA) is 43.6 Å². The first kappa shape index (κ1) is 14.1. The molecule has 0 aliphatic carbocycles. The van der Waals surface area contributed by atoms with Gasteiger partial charge in [-0.1, -0.05) is 23.7 Å². The Hall–Kier alpha value is -1.85. The SMILES string of the molecule is O=c1cc(COc2ccccc2Cl)nc2ccc(Br)cn12. The highest BCUT2D eigenvalue weighted by Gasteiger charge is 2.05. The number of hydrogen-bond acceptors (Lipinski definition) is 3. The van der Waals surface area contributed by atoms with Crippen LogP contribution in [0.25, 0.3) is 5.65 Å². The molecule has 2 heterocycles. The van der Waals surface area contributed by atoms with Gasteiger partial charge in [0.05, 0.1) is 10.7 Å². The number of para-hydroxylation sites is 1. The molecule has 0 saturated carbocycles. The second-order valence-corrected chi connectivity index (χ2v) is 5.70. The van der Waals surface area contributed by atoms with Gasteiger partial charge < -0.3 is 4.74 Å². The number of benzene rings is 1. The van der Waals surface area contributed by atoms with Crippen molar-refractivity contribution in [2.45, 2.75) is 6.61 Å². The summed E-state index contributed by atoms with van der Waals surface area (Å²) in [6.45, 7) is 0.186. The van der Waals surface area contributed by atoms with Gasteiger partial charge in [0.2, 0.25) is 0 Å². The average Bonchev–Trinajstić information content (AvgIpc) is 2.47. The van der Waals surface area contributed by atoms with Crippen molar-refractivity contribution in [2.24, 2.45) is 0 Å². The first-order chi connectivity index (χ1) is 10.1. The Balaban J connectivity index is 1.90. The van der Waals surface area contributed by atoms with Crippen molar-refractivity contribution in [1.82, 2.24) is 9.38 Å². The van der Waals surface area contributed by atoms with Crippen molar-refractivity contribution in [2.75, 3.05) is 0 Å². The van der Waals surface area contributed by atoms with Gasteiger partial charge in [-0.25, -0.2) is 4.98 Å². The second-order valence-electron chi connectivity index (χ2n) is 4.38. The third kappa shape index (κ3) is 3.09. The number of hydrogen-bond donors (Lipinski definition) is 0. The van der Waals surface area contributed by atoms with E-state index in [4.69, 9.17) is 16.3 Å². The van der Waals surface area contributed by atoms with Crippen molar-refractivity contribution >= 4 is 33.2 Å². The molecule has 0 unspecified atom stereocenters. The van der Waals surface area contributed by atoms with Gasteiger partial charge in [-0.3, -0.25) is 9.20 Å². The van der Waals surface area contributed by atoms with E-state index in [1.54, 1.807) is 24.4 Å². The predicted molar refractivity (Wildman–Crippen MR) is 84.9 cm³/mol. The van der Waals surface area contributed by atoms with E-state index in [0.29, 0.717) is 22.1 Å². The molecule has 1 aromatic carbocycles. The lowest BCUT2D eigenvalue weighted by Crippen LogP contribution is -2.16. The minimum absolute atomic E-state index is 0.154. The van der Waals surface area contributed by atoms with Crippen LogP contribution in [0, 0.1) is 0 Å². The minimum atomic E-state index is -0.154. The second kappa shape index (κ2) is 5.87. The van der Waals surface area contributed by atoms with Crippen LogP contribution in [0.5, 0.6) is 5.75 Å². The highest BCUT2D eigenvalue weighted by molar-refractivity contribution is 9.10. The van der Waals surface area contributed by atoms with Crippen LogP contribution in [-0.2, 0) is 6.61 Å². The quantitative estimate of drug-likeness (QED) is 0.711. The fourth-order valence-corrected chi connectivity index (χ4v) is 2.44. The third-order valence-corrected chi connectivity index (χ3v) is 3.67. The van der Waals surface area contributed by atoms with Crippen LogP contribution in [0.3, 0.4) is 0 Å². The summed E-state index contributed by atoms with van der Waals surface area (Å²) < 4.78 is 7.89. The number of fused-ring (bicyclic) bond motifs is 1. The van der Waals surface area contributed by atoms with Gasteiger partial charge in [0.25, 0.3) is 5.56 Å². The smallest absolute Gasteiger partial charge is 0.258 e. The molecule has 6 heteroatoms. The number of halogens is 2. The molecule has 3 rings (SSSR count). The summed E-state index contributed by atoms with van der Waals surface area (Å²) in [6.07, 6.45) is 1.68. The molecule has 2 aromatic heterocycles. The van der Waals surface area contributed by atoms with Crippen LogP contribution >= 0.6 is 27.5 Å². The van der Waals surface area contributed by atoms with Gasteiger partial charge in [0.15, 0.2) is 0 Å². The van der Waals surface area contributed by atoms with E-state index in [0.717, 1.165) is 4.47 Å². The molecule has 0 fully saturated rings. The molecule has 0 spiro atoms. The van der Waals surface area contributed by atoms with Crippen LogP contribution in [0.1, 0.15) is 5.69 Å². The first-order valence-electron chi connectivity index (χ1n) is 6.19. The summed E-state index contributed by atoms with van der Waals surface area (Å²) in [5.74, 6) is 0.567. The normalized spacial score (nSPS) is 10.8.